The van der Waals surface area contributed by atoms with E-state index in [1.807, 2.05) is 19.9 Å². The number of nitrogens with zero attached hydrogens (tertiary/aromatic N) is 1. The van der Waals surface area contributed by atoms with Crippen LogP contribution < -0.4 is 9.30 Å². The molecule has 0 bridgehead atoms. The second-order valence-electron chi connectivity index (χ2n) is 4.21. The van der Waals surface area contributed by atoms with Crippen molar-refractivity contribution >= 4 is 27.6 Å². The van der Waals surface area contributed by atoms with Crippen molar-refractivity contribution in [1.82, 2.24) is 0 Å². The molecule has 0 spiro atoms. The van der Waals surface area contributed by atoms with Gasteiger partial charge in [0.15, 0.2) is 0 Å². The normalized spacial score (nSPS) is 11.9. The average molecular weight is 278 g/mol. The highest BCUT2D eigenvalue weighted by atomic mass is 32.1. The zero-order chi connectivity index (χ0) is 13.8. The van der Waals surface area contributed by atoms with E-state index < -0.39 is 0 Å². The summed E-state index contributed by atoms with van der Waals surface area (Å²) in [6.45, 7) is 7.78. The van der Waals surface area contributed by atoms with Crippen LogP contribution >= 0.6 is 11.3 Å². The van der Waals surface area contributed by atoms with E-state index in [1.54, 1.807) is 18.4 Å². The highest BCUT2D eigenvalue weighted by molar-refractivity contribution is 7.18. The minimum Gasteiger partial charge on any atom is -0.498 e. The van der Waals surface area contributed by atoms with Crippen LogP contribution in [0.1, 0.15) is 25.8 Å². The molecule has 102 valence electrons. The van der Waals surface area contributed by atoms with Crippen molar-refractivity contribution in [3.63, 3.8) is 0 Å². The van der Waals surface area contributed by atoms with Gasteiger partial charge >= 0.3 is 0 Å². The van der Waals surface area contributed by atoms with Gasteiger partial charge in [0.2, 0.25) is 5.52 Å². The molecule has 0 radical (unpaired) electrons. The lowest BCUT2D eigenvalue weighted by Crippen LogP contribution is -2.33. The lowest BCUT2D eigenvalue weighted by molar-refractivity contribution is -0.665. The van der Waals surface area contributed by atoms with E-state index in [2.05, 4.69) is 29.7 Å². The summed E-state index contributed by atoms with van der Waals surface area (Å²) < 4.78 is 14.4. The monoisotopic (exact) mass is 278 g/mol. The number of aryl methyl sites for hydroxylation is 1. The SMILES string of the molecule is CCOC(C)=Cc1sc2ccc(OC)cc2[n+]1CC. The number of methoxy groups -OCH3 is 1. The van der Waals surface area contributed by atoms with Gasteiger partial charge in [-0.2, -0.15) is 4.57 Å². The van der Waals surface area contributed by atoms with Crippen molar-refractivity contribution in [3.05, 3.63) is 29.0 Å². The van der Waals surface area contributed by atoms with Gasteiger partial charge in [-0.15, -0.1) is 0 Å². The van der Waals surface area contributed by atoms with E-state index in [1.165, 1.54) is 15.2 Å². The second kappa shape index (κ2) is 6.06. The first-order valence-electron chi connectivity index (χ1n) is 6.51. The Bertz CT molecular complexity index is 601. The van der Waals surface area contributed by atoms with Crippen molar-refractivity contribution in [2.24, 2.45) is 0 Å². The van der Waals surface area contributed by atoms with Gasteiger partial charge in [-0.3, -0.25) is 0 Å². The Kier molecular flexibility index (Phi) is 4.43. The number of thiazole rings is 1. The molecule has 3 nitrogen and oxygen atoms in total. The number of allylic oxidation sites excluding steroid dienone is 1. The number of aromatic nitrogens is 1. The number of rotatable bonds is 5. The first kappa shape index (κ1) is 13.9. The molecule has 2 rings (SSSR count). The lowest BCUT2D eigenvalue weighted by Gasteiger charge is -2.00. The quantitative estimate of drug-likeness (QED) is 0.616. The van der Waals surface area contributed by atoms with Crippen LogP contribution in [-0.4, -0.2) is 13.7 Å². The van der Waals surface area contributed by atoms with Crippen LogP contribution in [0.5, 0.6) is 5.75 Å². The molecular formula is C15H20NO2S+. The number of hydrogen-bond donors (Lipinski definition) is 0. The third-order valence-electron chi connectivity index (χ3n) is 2.95. The Morgan fingerprint density at radius 3 is 2.79 bits per heavy atom. The zero-order valence-corrected chi connectivity index (χ0v) is 12.7. The van der Waals surface area contributed by atoms with E-state index in [0.717, 1.165) is 18.1 Å². The number of benzene rings is 1. The standard InChI is InChI=1S/C15H20NO2S/c1-5-16-13-10-12(17-4)7-8-14(13)19-15(16)9-11(3)18-6-2/h7-10H,5-6H2,1-4H3/q+1. The second-order valence-corrected chi connectivity index (χ2v) is 5.27. The van der Waals surface area contributed by atoms with E-state index in [4.69, 9.17) is 9.47 Å². The Hall–Kier alpha value is -1.55. The fourth-order valence-corrected chi connectivity index (χ4v) is 3.28. The van der Waals surface area contributed by atoms with E-state index >= 15 is 0 Å². The van der Waals surface area contributed by atoms with Crippen molar-refractivity contribution in [3.8, 4) is 5.75 Å². The van der Waals surface area contributed by atoms with Gasteiger partial charge in [-0.25, -0.2) is 0 Å². The van der Waals surface area contributed by atoms with Crippen molar-refractivity contribution in [1.29, 1.82) is 0 Å². The molecule has 0 saturated carbocycles. The van der Waals surface area contributed by atoms with E-state index in [-0.39, 0.29) is 0 Å². The molecule has 0 aliphatic rings. The Morgan fingerprint density at radius 1 is 1.37 bits per heavy atom. The predicted molar refractivity (Wildman–Crippen MR) is 79.5 cm³/mol. The number of hydrogen-bond acceptors (Lipinski definition) is 3. The topological polar surface area (TPSA) is 22.3 Å². The van der Waals surface area contributed by atoms with Gasteiger partial charge in [0, 0.05) is 0 Å². The third-order valence-corrected chi connectivity index (χ3v) is 4.06. The van der Waals surface area contributed by atoms with Gasteiger partial charge in [0.1, 0.15) is 22.8 Å². The molecule has 4 heteroatoms. The Balaban J connectivity index is 2.53. The summed E-state index contributed by atoms with van der Waals surface area (Å²) in [5.74, 6) is 1.84. The van der Waals surface area contributed by atoms with Crippen LogP contribution in [0.2, 0.25) is 0 Å². The molecule has 0 aliphatic carbocycles. The predicted octanol–water partition coefficient (Wildman–Crippen LogP) is 3.61. The molecule has 0 saturated heterocycles. The summed E-state index contributed by atoms with van der Waals surface area (Å²) in [7, 11) is 1.70. The minimum absolute atomic E-state index is 0.702. The summed E-state index contributed by atoms with van der Waals surface area (Å²) >= 11 is 1.77. The summed E-state index contributed by atoms with van der Waals surface area (Å²) in [6.07, 6.45) is 2.10. The molecule has 1 aromatic heterocycles. The van der Waals surface area contributed by atoms with E-state index in [0.29, 0.717) is 6.61 Å². The van der Waals surface area contributed by atoms with Gasteiger partial charge in [0.05, 0.1) is 25.9 Å². The largest absolute Gasteiger partial charge is 0.498 e. The molecule has 0 amide bonds. The fraction of sp³-hybridized carbons (Fsp3) is 0.400. The van der Waals surface area contributed by atoms with Crippen LogP contribution in [-0.2, 0) is 11.3 Å². The first-order valence-corrected chi connectivity index (χ1v) is 7.32. The van der Waals surface area contributed by atoms with E-state index in [9.17, 15) is 0 Å². The van der Waals surface area contributed by atoms with Crippen LogP contribution in [0, 0.1) is 0 Å². The van der Waals surface area contributed by atoms with Crippen LogP contribution in [0.4, 0.5) is 0 Å². The molecule has 1 aromatic carbocycles. The molecule has 0 unspecified atom stereocenters. The number of fused-ring (bicyclic) bond motifs is 1. The maximum atomic E-state index is 5.52. The Morgan fingerprint density at radius 2 is 2.16 bits per heavy atom. The van der Waals surface area contributed by atoms with Gasteiger partial charge in [-0.1, -0.05) is 11.3 Å². The average Bonchev–Trinajstić information content (AvgIpc) is 2.74. The van der Waals surface area contributed by atoms with Gasteiger partial charge in [-0.05, 0) is 32.9 Å². The first-order chi connectivity index (χ1) is 9.19. The maximum absolute atomic E-state index is 5.52. The maximum Gasteiger partial charge on any atom is 0.266 e. The lowest BCUT2D eigenvalue weighted by atomic mass is 10.3. The molecular weight excluding hydrogens is 258 g/mol. The van der Waals surface area contributed by atoms with Crippen molar-refractivity contribution in [2.45, 2.75) is 27.3 Å². The highest BCUT2D eigenvalue weighted by Crippen LogP contribution is 2.26. The van der Waals surface area contributed by atoms with Crippen LogP contribution in [0.25, 0.3) is 16.3 Å². The molecule has 0 fully saturated rings. The van der Waals surface area contributed by atoms with Crippen molar-refractivity contribution < 1.29 is 14.0 Å². The molecule has 0 N–H and O–H groups in total. The summed E-state index contributed by atoms with van der Waals surface area (Å²) in [6, 6.07) is 6.20. The zero-order valence-electron chi connectivity index (χ0n) is 11.9. The highest BCUT2D eigenvalue weighted by Gasteiger charge is 2.18. The Labute approximate surface area is 118 Å². The minimum atomic E-state index is 0.702. The molecule has 2 aromatic rings. The summed E-state index contributed by atoms with van der Waals surface area (Å²) in [5, 5.41) is 1.21. The van der Waals surface area contributed by atoms with Crippen molar-refractivity contribution in [2.75, 3.05) is 13.7 Å². The van der Waals surface area contributed by atoms with Gasteiger partial charge in [0.25, 0.3) is 5.01 Å². The third kappa shape index (κ3) is 2.89. The fourth-order valence-electron chi connectivity index (χ4n) is 2.08. The molecule has 0 aliphatic heterocycles. The van der Waals surface area contributed by atoms with Crippen LogP contribution in [0.15, 0.2) is 24.0 Å². The van der Waals surface area contributed by atoms with Crippen LogP contribution in [0.3, 0.4) is 0 Å². The number of ether oxygens (including phenoxy) is 2. The molecule has 1 heterocycles. The summed E-state index contributed by atoms with van der Waals surface area (Å²) in [4.78, 5) is 0. The molecule has 19 heavy (non-hydrogen) atoms. The summed E-state index contributed by atoms with van der Waals surface area (Å²) in [5.41, 5.74) is 1.21. The molecule has 0 atom stereocenters. The van der Waals surface area contributed by atoms with Gasteiger partial charge < -0.3 is 9.47 Å². The smallest absolute Gasteiger partial charge is 0.266 e.